The number of allylic oxidation sites excluding steroid dienone is 2. The summed E-state index contributed by atoms with van der Waals surface area (Å²) < 4.78 is 71.3. The Labute approximate surface area is 208 Å². The monoisotopic (exact) mass is 532 g/mol. The molecule has 7 N–H and O–H groups in total. The van der Waals surface area contributed by atoms with Crippen molar-refractivity contribution < 1.29 is 35.5 Å². The SMILES string of the molecule is C[n+]1ccc(-c2ccc(N=C(N)[NH+]=C(N)N)cc2C#CC2=CC[C@H](S(=O)(=O)[O-])[C@H](S(=O)(=O)[O-])C2)cc1. The van der Waals surface area contributed by atoms with E-state index in [1.165, 1.54) is 6.08 Å². The molecular weight excluding hydrogens is 508 g/mol. The maximum atomic E-state index is 11.7. The highest BCUT2D eigenvalue weighted by atomic mass is 32.2. The lowest BCUT2D eigenvalue weighted by atomic mass is 9.97. The van der Waals surface area contributed by atoms with Crippen LogP contribution in [0.4, 0.5) is 5.69 Å². The lowest BCUT2D eigenvalue weighted by molar-refractivity contribution is -0.671. The first-order chi connectivity index (χ1) is 16.7. The van der Waals surface area contributed by atoms with Gasteiger partial charge in [0.2, 0.25) is 0 Å². The number of aromatic nitrogens is 1. The topological polar surface area (TPSA) is 223 Å². The predicted octanol–water partition coefficient (Wildman–Crippen LogP) is -2.62. The van der Waals surface area contributed by atoms with E-state index in [0.717, 1.165) is 11.1 Å². The summed E-state index contributed by atoms with van der Waals surface area (Å²) in [4.78, 5) is 6.65. The van der Waals surface area contributed by atoms with Gasteiger partial charge in [-0.3, -0.25) is 0 Å². The number of pyridine rings is 1. The van der Waals surface area contributed by atoms with Crippen molar-refractivity contribution in [1.29, 1.82) is 0 Å². The molecule has 1 aromatic carbocycles. The third-order valence-electron chi connectivity index (χ3n) is 5.35. The molecule has 36 heavy (non-hydrogen) atoms. The molecule has 0 amide bonds. The zero-order valence-corrected chi connectivity index (χ0v) is 20.7. The van der Waals surface area contributed by atoms with Gasteiger partial charge >= 0.3 is 5.96 Å². The Kier molecular flexibility index (Phi) is 7.80. The van der Waals surface area contributed by atoms with Gasteiger partial charge in [-0.05, 0) is 41.7 Å². The Morgan fingerprint density at radius 1 is 1.03 bits per heavy atom. The average Bonchev–Trinajstić information content (AvgIpc) is 2.76. The Morgan fingerprint density at radius 3 is 2.25 bits per heavy atom. The van der Waals surface area contributed by atoms with Crippen molar-refractivity contribution in [3.05, 3.63) is 59.9 Å². The number of hydrogen-bond donors (Lipinski definition) is 4. The zero-order chi connectivity index (χ0) is 26.7. The number of nitrogens with two attached hydrogens (primary N) is 3. The summed E-state index contributed by atoms with van der Waals surface area (Å²) in [6.45, 7) is 0. The van der Waals surface area contributed by atoms with E-state index in [1.807, 2.05) is 36.1 Å². The fraction of sp³-hybridized carbons (Fsp3) is 0.227. The van der Waals surface area contributed by atoms with E-state index in [-0.39, 0.29) is 17.5 Å². The summed E-state index contributed by atoms with van der Waals surface area (Å²) >= 11 is 0. The number of guanidine groups is 2. The standard InChI is InChI=1S/C22H24N6O6S2/c1-28-10-8-15(9-11-28)18-6-5-17(26-22(25)27-21(23)24)13-16(18)4-2-14-3-7-19(35(29,30)31)20(12-14)36(32,33)34/h3,5-6,8-11,13,19-20H,7,12H2,1H3,(H7,23,24,25,27,29,30,31,32,33,34)/t19-,20+/m0/s1. The van der Waals surface area contributed by atoms with Gasteiger partial charge in [-0.15, -0.1) is 4.99 Å². The van der Waals surface area contributed by atoms with Crippen molar-refractivity contribution in [2.24, 2.45) is 29.2 Å². The van der Waals surface area contributed by atoms with Gasteiger partial charge in [-0.25, -0.2) is 26.4 Å². The number of hydrogen-bond acceptors (Lipinski definition) is 7. The predicted molar refractivity (Wildman–Crippen MR) is 130 cm³/mol. The van der Waals surface area contributed by atoms with E-state index in [2.05, 4.69) is 21.8 Å². The van der Waals surface area contributed by atoms with Gasteiger partial charge in [0.05, 0.1) is 30.7 Å². The smallest absolute Gasteiger partial charge is 0.316 e. The van der Waals surface area contributed by atoms with Crippen LogP contribution < -0.4 is 26.8 Å². The molecule has 0 spiro atoms. The highest BCUT2D eigenvalue weighted by Gasteiger charge is 2.35. The van der Waals surface area contributed by atoms with Crippen LogP contribution in [-0.4, -0.2) is 48.4 Å². The molecule has 12 nitrogen and oxygen atoms in total. The molecule has 0 radical (unpaired) electrons. The fourth-order valence-corrected chi connectivity index (χ4v) is 6.12. The van der Waals surface area contributed by atoms with Gasteiger partial charge in [0.1, 0.15) is 12.7 Å². The minimum Gasteiger partial charge on any atom is -0.748 e. The van der Waals surface area contributed by atoms with Crippen molar-refractivity contribution in [2.45, 2.75) is 23.3 Å². The summed E-state index contributed by atoms with van der Waals surface area (Å²) in [5.41, 5.74) is 19.2. The first-order valence-corrected chi connectivity index (χ1v) is 13.4. The normalized spacial score (nSPS) is 18.5. The van der Waals surface area contributed by atoms with E-state index in [0.29, 0.717) is 11.3 Å². The molecule has 1 aromatic heterocycles. The molecule has 3 rings (SSSR count). The molecule has 1 heterocycles. The Hall–Kier alpha value is -3.77. The maximum Gasteiger partial charge on any atom is 0.316 e. The van der Waals surface area contributed by atoms with Gasteiger partial charge in [-0.1, -0.05) is 24.0 Å². The molecule has 190 valence electrons. The van der Waals surface area contributed by atoms with Crippen LogP contribution in [0.5, 0.6) is 0 Å². The molecule has 14 heteroatoms. The lowest BCUT2D eigenvalue weighted by Crippen LogP contribution is -2.84. The summed E-state index contributed by atoms with van der Waals surface area (Å²) in [6, 6.07) is 8.83. The van der Waals surface area contributed by atoms with E-state index >= 15 is 0 Å². The largest absolute Gasteiger partial charge is 0.748 e. The summed E-state index contributed by atoms with van der Waals surface area (Å²) in [5, 5.41) is -3.77. The minimum atomic E-state index is -5.06. The number of aliphatic imine (C=N–C) groups is 1. The third kappa shape index (κ3) is 6.89. The van der Waals surface area contributed by atoms with Crippen LogP contribution in [0.2, 0.25) is 0 Å². The number of rotatable bonds is 4. The molecule has 1 aliphatic rings. The maximum absolute atomic E-state index is 11.7. The summed E-state index contributed by atoms with van der Waals surface area (Å²) in [5.74, 6) is 5.55. The summed E-state index contributed by atoms with van der Waals surface area (Å²) in [6.07, 6.45) is 4.14. The molecule has 2 atom stereocenters. The van der Waals surface area contributed by atoms with Gasteiger partial charge in [0.25, 0.3) is 5.96 Å². The second-order valence-electron chi connectivity index (χ2n) is 8.04. The Bertz CT molecular complexity index is 1530. The van der Waals surface area contributed by atoms with Crippen molar-refractivity contribution >= 4 is 37.8 Å². The molecule has 0 aliphatic heterocycles. The highest BCUT2D eigenvalue weighted by Crippen LogP contribution is 2.29. The number of nitrogens with one attached hydrogen (secondary N) is 1. The van der Waals surface area contributed by atoms with Crippen molar-refractivity contribution in [2.75, 3.05) is 0 Å². The van der Waals surface area contributed by atoms with Crippen LogP contribution in [-0.2, 0) is 27.3 Å². The lowest BCUT2D eigenvalue weighted by Gasteiger charge is -2.33. The van der Waals surface area contributed by atoms with Crippen LogP contribution >= 0.6 is 0 Å². The van der Waals surface area contributed by atoms with Crippen LogP contribution in [0.1, 0.15) is 18.4 Å². The van der Waals surface area contributed by atoms with E-state index in [9.17, 15) is 25.9 Å². The van der Waals surface area contributed by atoms with E-state index in [4.69, 9.17) is 17.2 Å². The molecular formula is C22H24N6O6S2. The minimum absolute atomic E-state index is 0.0586. The molecule has 1 aliphatic carbocycles. The van der Waals surface area contributed by atoms with Crippen molar-refractivity contribution in [3.63, 3.8) is 0 Å². The van der Waals surface area contributed by atoms with Crippen LogP contribution in [0, 0.1) is 11.8 Å². The molecule has 0 unspecified atom stereocenters. The molecule has 0 bridgehead atoms. The van der Waals surface area contributed by atoms with Gasteiger partial charge in [0.15, 0.2) is 12.4 Å². The van der Waals surface area contributed by atoms with Gasteiger partial charge in [0, 0.05) is 17.7 Å². The summed E-state index contributed by atoms with van der Waals surface area (Å²) in [7, 11) is -8.19. The van der Waals surface area contributed by atoms with Gasteiger partial charge < -0.3 is 26.3 Å². The van der Waals surface area contributed by atoms with Crippen LogP contribution in [0.15, 0.2) is 59.4 Å². The number of benzene rings is 1. The highest BCUT2D eigenvalue weighted by molar-refractivity contribution is 7.90. The second-order valence-corrected chi connectivity index (χ2v) is 11.2. The first kappa shape index (κ1) is 26.8. The molecule has 2 aromatic rings. The quantitative estimate of drug-likeness (QED) is 0.106. The van der Waals surface area contributed by atoms with Crippen molar-refractivity contribution in [1.82, 2.24) is 0 Å². The fourth-order valence-electron chi connectivity index (χ4n) is 3.64. The zero-order valence-electron chi connectivity index (χ0n) is 19.1. The second kappa shape index (κ2) is 10.5. The van der Waals surface area contributed by atoms with Gasteiger partial charge in [-0.2, -0.15) is 0 Å². The average molecular weight is 533 g/mol. The Balaban J connectivity index is 2.08. The van der Waals surface area contributed by atoms with Crippen LogP contribution in [0.3, 0.4) is 0 Å². The molecule has 0 fully saturated rings. The van der Waals surface area contributed by atoms with Crippen LogP contribution in [0.25, 0.3) is 11.1 Å². The van der Waals surface area contributed by atoms with Crippen molar-refractivity contribution in [3.8, 4) is 23.0 Å². The molecule has 0 saturated carbocycles. The third-order valence-corrected chi connectivity index (χ3v) is 8.02. The first-order valence-electron chi connectivity index (χ1n) is 10.4. The number of nitrogens with zero attached hydrogens (tertiary/aromatic N) is 2. The Morgan fingerprint density at radius 2 is 1.67 bits per heavy atom. The van der Waals surface area contributed by atoms with E-state index < -0.39 is 43.6 Å². The molecule has 0 saturated heterocycles. The number of aryl methyl sites for hydroxylation is 1. The van der Waals surface area contributed by atoms with E-state index in [1.54, 1.807) is 18.2 Å².